The van der Waals surface area contributed by atoms with E-state index in [1.165, 1.54) is 5.56 Å². The molecule has 0 unspecified atom stereocenters. The molecule has 0 fully saturated rings. The van der Waals surface area contributed by atoms with Crippen molar-refractivity contribution in [3.8, 4) is 5.75 Å². The summed E-state index contributed by atoms with van der Waals surface area (Å²) in [5, 5.41) is 11.6. The molecule has 3 N–H and O–H groups in total. The molecule has 0 bridgehead atoms. The van der Waals surface area contributed by atoms with Crippen molar-refractivity contribution in [2.45, 2.75) is 19.1 Å². The molecule has 2 aromatic carbocycles. The number of hydrogen-bond donors (Lipinski definition) is 3. The number of H-pyrrole nitrogens is 1. The summed E-state index contributed by atoms with van der Waals surface area (Å²) in [4.78, 5) is 23.2. The molecule has 0 aliphatic heterocycles. The topological polar surface area (TPSA) is 91.4 Å². The van der Waals surface area contributed by atoms with Gasteiger partial charge in [0, 0.05) is 23.7 Å². The van der Waals surface area contributed by atoms with E-state index in [4.69, 9.17) is 14.6 Å². The summed E-state index contributed by atoms with van der Waals surface area (Å²) in [6.07, 6.45) is -4.18. The highest BCUT2D eigenvalue weighted by Gasteiger charge is 2.38. The van der Waals surface area contributed by atoms with Gasteiger partial charge in [0.15, 0.2) is 0 Å². The van der Waals surface area contributed by atoms with E-state index < -0.39 is 12.1 Å². The van der Waals surface area contributed by atoms with Crippen LogP contribution in [0.25, 0.3) is 10.9 Å². The van der Waals surface area contributed by atoms with Crippen LogP contribution < -0.4 is 15.6 Å². The highest BCUT2D eigenvalue weighted by Crippen LogP contribution is 2.17. The molecule has 0 atom stereocenters. The lowest BCUT2D eigenvalue weighted by Gasteiger charge is -2.09. The predicted molar refractivity (Wildman–Crippen MR) is 107 cm³/mol. The number of carboxylic acids is 1. The van der Waals surface area contributed by atoms with Crippen LogP contribution in [0.4, 0.5) is 13.2 Å². The molecule has 0 spiro atoms. The number of para-hydroxylation sites is 1. The van der Waals surface area contributed by atoms with Crippen LogP contribution >= 0.6 is 0 Å². The van der Waals surface area contributed by atoms with Gasteiger partial charge in [-0.2, -0.15) is 13.2 Å². The van der Waals surface area contributed by atoms with Gasteiger partial charge in [0.2, 0.25) is 5.56 Å². The van der Waals surface area contributed by atoms with Crippen LogP contribution in [0.1, 0.15) is 11.1 Å². The smallest absolute Gasteiger partial charge is 0.490 e. The Labute approximate surface area is 170 Å². The Morgan fingerprint density at radius 1 is 1.13 bits per heavy atom. The van der Waals surface area contributed by atoms with Crippen molar-refractivity contribution in [3.63, 3.8) is 0 Å². The van der Waals surface area contributed by atoms with Gasteiger partial charge < -0.3 is 20.1 Å². The molecule has 1 aromatic heterocycles. The first-order valence-corrected chi connectivity index (χ1v) is 8.95. The molecule has 30 heavy (non-hydrogen) atoms. The van der Waals surface area contributed by atoms with Gasteiger partial charge in [0.25, 0.3) is 0 Å². The van der Waals surface area contributed by atoms with Crippen LogP contribution in [0, 0.1) is 0 Å². The number of methoxy groups -OCH3 is 1. The number of hydrogen-bond acceptors (Lipinski definition) is 4. The fourth-order valence-electron chi connectivity index (χ4n) is 2.66. The number of fused-ring (bicyclic) bond motifs is 1. The fraction of sp³-hybridized carbons (Fsp3) is 0.238. The van der Waals surface area contributed by atoms with Gasteiger partial charge in [0.1, 0.15) is 5.75 Å². The third-order valence-electron chi connectivity index (χ3n) is 4.13. The van der Waals surface area contributed by atoms with Crippen molar-refractivity contribution in [3.05, 3.63) is 76.1 Å². The zero-order valence-corrected chi connectivity index (χ0v) is 16.1. The number of ether oxygens (including phenoxy) is 1. The summed E-state index contributed by atoms with van der Waals surface area (Å²) in [6.45, 7) is 1.63. The average Bonchev–Trinajstić information content (AvgIpc) is 2.71. The van der Waals surface area contributed by atoms with Gasteiger partial charge in [-0.3, -0.25) is 4.79 Å². The summed E-state index contributed by atoms with van der Waals surface area (Å²) in [7, 11) is 1.69. The molecule has 6 nitrogen and oxygen atoms in total. The molecule has 0 saturated heterocycles. The number of aliphatic carboxylic acids is 1. The monoisotopic (exact) mass is 422 g/mol. The second-order valence-corrected chi connectivity index (χ2v) is 6.29. The molecule has 3 aromatic rings. The minimum Gasteiger partial charge on any atom is -0.496 e. The lowest BCUT2D eigenvalue weighted by Crippen LogP contribution is -2.21. The Balaban J connectivity index is 0.000000396. The number of alkyl halides is 3. The molecule has 9 heteroatoms. The number of aromatic amines is 1. The Kier molecular flexibility index (Phi) is 7.99. The Morgan fingerprint density at radius 3 is 2.47 bits per heavy atom. The van der Waals surface area contributed by atoms with Crippen molar-refractivity contribution in [1.82, 2.24) is 10.3 Å². The van der Waals surface area contributed by atoms with Gasteiger partial charge in [-0.05, 0) is 42.1 Å². The first-order valence-electron chi connectivity index (χ1n) is 8.95. The van der Waals surface area contributed by atoms with Crippen LogP contribution in [0.3, 0.4) is 0 Å². The second kappa shape index (κ2) is 10.4. The molecule has 3 rings (SSSR count). The number of carbonyl (C=O) groups is 1. The zero-order valence-electron chi connectivity index (χ0n) is 16.1. The summed E-state index contributed by atoms with van der Waals surface area (Å²) >= 11 is 0. The first kappa shape index (κ1) is 23.0. The van der Waals surface area contributed by atoms with E-state index in [0.717, 1.165) is 41.7 Å². The molecule has 0 radical (unpaired) electrons. The maximum absolute atomic E-state index is 11.4. The van der Waals surface area contributed by atoms with E-state index in [0.29, 0.717) is 0 Å². The number of pyridine rings is 1. The van der Waals surface area contributed by atoms with Gasteiger partial charge in [-0.1, -0.05) is 30.3 Å². The van der Waals surface area contributed by atoms with Gasteiger partial charge in [-0.25, -0.2) is 4.79 Å². The van der Waals surface area contributed by atoms with E-state index in [9.17, 15) is 18.0 Å². The Bertz CT molecular complexity index is 1050. The molecular formula is C21H21F3N2O4. The average molecular weight is 422 g/mol. The number of carboxylic acid groups (broad SMARTS) is 1. The fourth-order valence-corrected chi connectivity index (χ4v) is 2.66. The zero-order chi connectivity index (χ0) is 22.1. The van der Waals surface area contributed by atoms with Crippen LogP contribution in [0.5, 0.6) is 5.75 Å². The normalized spacial score (nSPS) is 10.9. The molecule has 0 amide bonds. The second-order valence-electron chi connectivity index (χ2n) is 6.29. The minimum atomic E-state index is -5.08. The summed E-state index contributed by atoms with van der Waals surface area (Å²) in [5.74, 6) is -1.85. The van der Waals surface area contributed by atoms with E-state index in [1.807, 2.05) is 36.4 Å². The van der Waals surface area contributed by atoms with Gasteiger partial charge >= 0.3 is 12.1 Å². The number of aromatic nitrogens is 1. The SMILES string of the molecule is COc1ccccc1CNCCc1ccc2ccc(=O)[nH]c2c1.O=C(O)C(F)(F)F. The molecule has 1 heterocycles. The van der Waals surface area contributed by atoms with Crippen molar-refractivity contribution in [2.75, 3.05) is 13.7 Å². The van der Waals surface area contributed by atoms with E-state index in [1.54, 1.807) is 13.2 Å². The summed E-state index contributed by atoms with van der Waals surface area (Å²) in [5.41, 5.74) is 3.17. The van der Waals surface area contributed by atoms with Crippen molar-refractivity contribution >= 4 is 16.9 Å². The Morgan fingerprint density at radius 2 is 1.80 bits per heavy atom. The lowest BCUT2D eigenvalue weighted by atomic mass is 10.1. The van der Waals surface area contributed by atoms with Crippen molar-refractivity contribution in [1.29, 1.82) is 0 Å². The van der Waals surface area contributed by atoms with Crippen molar-refractivity contribution < 1.29 is 27.8 Å². The first-order chi connectivity index (χ1) is 14.2. The van der Waals surface area contributed by atoms with Crippen LogP contribution in [0.2, 0.25) is 0 Å². The lowest BCUT2D eigenvalue weighted by molar-refractivity contribution is -0.192. The summed E-state index contributed by atoms with van der Waals surface area (Å²) < 4.78 is 37.1. The molecular weight excluding hydrogens is 401 g/mol. The summed E-state index contributed by atoms with van der Waals surface area (Å²) in [6, 6.07) is 17.6. The van der Waals surface area contributed by atoms with Gasteiger partial charge in [-0.15, -0.1) is 0 Å². The minimum absolute atomic E-state index is 0.0658. The number of benzene rings is 2. The Hall–Kier alpha value is -3.33. The molecule has 160 valence electrons. The van der Waals surface area contributed by atoms with Crippen LogP contribution in [-0.4, -0.2) is 35.9 Å². The number of rotatable bonds is 6. The standard InChI is InChI=1S/C19H20N2O2.C2HF3O2/c1-23-18-5-3-2-4-16(18)13-20-11-10-14-6-7-15-8-9-19(22)21-17(15)12-14;3-2(4,5)1(6)7/h2-9,12,20H,10-11,13H2,1H3,(H,21,22);(H,6,7). The van der Waals surface area contributed by atoms with E-state index in [2.05, 4.69) is 22.4 Å². The van der Waals surface area contributed by atoms with E-state index in [-0.39, 0.29) is 5.56 Å². The molecule has 0 aliphatic carbocycles. The third kappa shape index (κ3) is 6.93. The van der Waals surface area contributed by atoms with Crippen LogP contribution in [-0.2, 0) is 17.8 Å². The number of halogens is 3. The third-order valence-corrected chi connectivity index (χ3v) is 4.13. The largest absolute Gasteiger partial charge is 0.496 e. The van der Waals surface area contributed by atoms with Gasteiger partial charge in [0.05, 0.1) is 7.11 Å². The molecule has 0 aliphatic rings. The predicted octanol–water partition coefficient (Wildman–Crippen LogP) is 3.50. The highest BCUT2D eigenvalue weighted by atomic mass is 19.4. The molecule has 0 saturated carbocycles. The highest BCUT2D eigenvalue weighted by molar-refractivity contribution is 5.78. The number of nitrogens with one attached hydrogen (secondary N) is 2. The quantitative estimate of drug-likeness (QED) is 0.529. The maximum atomic E-state index is 11.4. The van der Waals surface area contributed by atoms with E-state index >= 15 is 0 Å². The maximum Gasteiger partial charge on any atom is 0.490 e. The van der Waals surface area contributed by atoms with Crippen molar-refractivity contribution in [2.24, 2.45) is 0 Å². The van der Waals surface area contributed by atoms with Crippen LogP contribution in [0.15, 0.2) is 59.4 Å².